The molecular weight excluding hydrogens is 306 g/mol. The van der Waals surface area contributed by atoms with E-state index in [1.807, 2.05) is 22.8 Å². The highest BCUT2D eigenvalue weighted by atomic mass is 16.5. The fourth-order valence-electron chi connectivity index (χ4n) is 3.81. The molecule has 1 saturated heterocycles. The first-order valence-corrected chi connectivity index (χ1v) is 8.60. The predicted octanol–water partition coefficient (Wildman–Crippen LogP) is 0.620. The van der Waals surface area contributed by atoms with Gasteiger partial charge in [-0.3, -0.25) is 9.69 Å². The van der Waals surface area contributed by atoms with Crippen LogP contribution in [0.3, 0.4) is 0 Å². The Morgan fingerprint density at radius 2 is 2.00 bits per heavy atom. The topological polar surface area (TPSA) is 66.7 Å². The van der Waals surface area contributed by atoms with Crippen molar-refractivity contribution >= 4 is 16.8 Å². The molecule has 0 saturated carbocycles. The van der Waals surface area contributed by atoms with Gasteiger partial charge in [0.05, 0.1) is 25.9 Å². The zero-order valence-electron chi connectivity index (χ0n) is 13.7. The van der Waals surface area contributed by atoms with Gasteiger partial charge in [0, 0.05) is 37.1 Å². The maximum absolute atomic E-state index is 12.4. The number of fused-ring (bicyclic) bond motifs is 3. The van der Waals surface area contributed by atoms with Crippen molar-refractivity contribution in [2.45, 2.75) is 19.1 Å². The monoisotopic (exact) mass is 329 g/mol. The maximum atomic E-state index is 12.4. The number of carbonyl (C=O) groups is 1. The molecule has 2 N–H and O–H groups in total. The Labute approximate surface area is 141 Å². The molecule has 1 atom stereocenters. The Bertz CT molecular complexity index is 749. The van der Waals surface area contributed by atoms with Gasteiger partial charge in [-0.25, -0.2) is 0 Å². The van der Waals surface area contributed by atoms with Crippen molar-refractivity contribution in [3.05, 3.63) is 35.5 Å². The molecule has 2 aromatic rings. The van der Waals surface area contributed by atoms with Crippen LogP contribution in [0.15, 0.2) is 24.3 Å². The molecule has 6 heteroatoms. The summed E-state index contributed by atoms with van der Waals surface area (Å²) in [5.41, 5.74) is 2.84. The zero-order chi connectivity index (χ0) is 16.5. The lowest BCUT2D eigenvalue weighted by molar-refractivity contribution is 0.0116. The van der Waals surface area contributed by atoms with Crippen molar-refractivity contribution < 1.29 is 14.6 Å². The second kappa shape index (κ2) is 6.55. The van der Waals surface area contributed by atoms with Crippen LogP contribution in [-0.4, -0.2) is 66.0 Å². The van der Waals surface area contributed by atoms with Crippen LogP contribution >= 0.6 is 0 Å². The summed E-state index contributed by atoms with van der Waals surface area (Å²) in [5.74, 6) is -0.0361. The Morgan fingerprint density at radius 3 is 2.83 bits per heavy atom. The molecule has 2 aliphatic rings. The van der Waals surface area contributed by atoms with Gasteiger partial charge in [0.2, 0.25) is 0 Å². The largest absolute Gasteiger partial charge is 0.390 e. The Balaban J connectivity index is 1.63. The van der Waals surface area contributed by atoms with Crippen LogP contribution in [0.2, 0.25) is 0 Å². The van der Waals surface area contributed by atoms with Gasteiger partial charge >= 0.3 is 0 Å². The summed E-state index contributed by atoms with van der Waals surface area (Å²) in [6, 6.07) is 8.08. The van der Waals surface area contributed by atoms with Gasteiger partial charge in [-0.15, -0.1) is 0 Å². The van der Waals surface area contributed by atoms with Gasteiger partial charge in [-0.05, 0) is 18.1 Å². The molecule has 4 rings (SSSR count). The van der Waals surface area contributed by atoms with Gasteiger partial charge in [0.1, 0.15) is 5.69 Å². The molecule has 6 nitrogen and oxygen atoms in total. The zero-order valence-corrected chi connectivity index (χ0v) is 13.7. The standard InChI is InChI=1S/C18H23N3O3/c22-13(11-20-7-9-24-10-8-20)12-21-16-4-2-1-3-14(16)15-5-6-19-18(23)17(15)21/h1-4,13,22H,5-12H2,(H,19,23). The van der Waals surface area contributed by atoms with Gasteiger partial charge in [-0.1, -0.05) is 18.2 Å². The predicted molar refractivity (Wildman–Crippen MR) is 91.2 cm³/mol. The lowest BCUT2D eigenvalue weighted by Crippen LogP contribution is -2.42. The van der Waals surface area contributed by atoms with E-state index in [0.29, 0.717) is 25.3 Å². The van der Waals surface area contributed by atoms with E-state index in [1.54, 1.807) is 0 Å². The number of carbonyl (C=O) groups excluding carboxylic acids is 1. The number of hydrogen-bond acceptors (Lipinski definition) is 4. The van der Waals surface area contributed by atoms with Gasteiger partial charge in [0.15, 0.2) is 0 Å². The van der Waals surface area contributed by atoms with Gasteiger partial charge in [-0.2, -0.15) is 0 Å². The Morgan fingerprint density at radius 1 is 1.21 bits per heavy atom. The molecule has 1 aromatic carbocycles. The van der Waals surface area contributed by atoms with E-state index in [2.05, 4.69) is 16.3 Å². The van der Waals surface area contributed by atoms with Crippen molar-refractivity contribution in [1.82, 2.24) is 14.8 Å². The molecule has 128 valence electrons. The van der Waals surface area contributed by atoms with Crippen molar-refractivity contribution in [3.63, 3.8) is 0 Å². The van der Waals surface area contributed by atoms with E-state index in [-0.39, 0.29) is 5.91 Å². The normalized spacial score (nSPS) is 20.0. The average Bonchev–Trinajstić information content (AvgIpc) is 2.91. The quantitative estimate of drug-likeness (QED) is 0.863. The summed E-state index contributed by atoms with van der Waals surface area (Å²) in [6.45, 7) is 4.85. The number of aliphatic hydroxyl groups excluding tert-OH is 1. The molecule has 0 radical (unpaired) electrons. The summed E-state index contributed by atoms with van der Waals surface area (Å²) in [4.78, 5) is 14.6. The number of hydrogen-bond donors (Lipinski definition) is 2. The molecule has 3 heterocycles. The third kappa shape index (κ3) is 2.81. The highest BCUT2D eigenvalue weighted by Gasteiger charge is 2.27. The smallest absolute Gasteiger partial charge is 0.268 e. The first kappa shape index (κ1) is 15.6. The first-order valence-electron chi connectivity index (χ1n) is 8.60. The molecule has 0 spiro atoms. The van der Waals surface area contributed by atoms with Gasteiger partial charge < -0.3 is 19.7 Å². The molecule has 1 aromatic heterocycles. The summed E-state index contributed by atoms with van der Waals surface area (Å²) in [7, 11) is 0. The van der Waals surface area contributed by atoms with Crippen LogP contribution < -0.4 is 5.32 Å². The molecule has 2 aliphatic heterocycles. The minimum Gasteiger partial charge on any atom is -0.390 e. The maximum Gasteiger partial charge on any atom is 0.268 e. The van der Waals surface area contributed by atoms with Crippen molar-refractivity contribution in [2.24, 2.45) is 0 Å². The van der Waals surface area contributed by atoms with E-state index < -0.39 is 6.10 Å². The van der Waals surface area contributed by atoms with Crippen LogP contribution in [0.5, 0.6) is 0 Å². The summed E-state index contributed by atoms with van der Waals surface area (Å²) in [5, 5.41) is 14.6. The number of benzene rings is 1. The number of morpholine rings is 1. The van der Waals surface area contributed by atoms with Crippen LogP contribution in [0, 0.1) is 0 Å². The third-order valence-corrected chi connectivity index (χ3v) is 4.92. The number of aliphatic hydroxyl groups is 1. The first-order chi connectivity index (χ1) is 11.7. The molecule has 1 fully saturated rings. The molecule has 1 amide bonds. The molecule has 24 heavy (non-hydrogen) atoms. The number of β-amino-alcohol motifs (C(OH)–C–C–N with tert-alkyl or cyclic N) is 1. The third-order valence-electron chi connectivity index (χ3n) is 4.92. The van der Waals surface area contributed by atoms with E-state index in [0.717, 1.165) is 49.2 Å². The molecule has 1 unspecified atom stereocenters. The van der Waals surface area contributed by atoms with Crippen molar-refractivity contribution in [1.29, 1.82) is 0 Å². The number of nitrogens with one attached hydrogen (secondary N) is 1. The number of amides is 1. The van der Waals surface area contributed by atoms with Crippen molar-refractivity contribution in [3.8, 4) is 0 Å². The van der Waals surface area contributed by atoms with Crippen LogP contribution in [0.1, 0.15) is 16.1 Å². The summed E-state index contributed by atoms with van der Waals surface area (Å²) >= 11 is 0. The summed E-state index contributed by atoms with van der Waals surface area (Å²) in [6.07, 6.45) is 0.325. The second-order valence-electron chi connectivity index (χ2n) is 6.53. The number of aromatic nitrogens is 1. The lowest BCUT2D eigenvalue weighted by Gasteiger charge is -2.29. The minimum absolute atomic E-state index is 0.0361. The van der Waals surface area contributed by atoms with E-state index in [4.69, 9.17) is 4.74 Å². The number of nitrogens with zero attached hydrogens (tertiary/aromatic N) is 2. The van der Waals surface area contributed by atoms with Crippen LogP contribution in [0.4, 0.5) is 0 Å². The molecule has 0 bridgehead atoms. The van der Waals surface area contributed by atoms with Crippen LogP contribution in [-0.2, 0) is 17.7 Å². The second-order valence-corrected chi connectivity index (χ2v) is 6.53. The molecule has 0 aliphatic carbocycles. The van der Waals surface area contributed by atoms with Gasteiger partial charge in [0.25, 0.3) is 5.91 Å². The fraction of sp³-hybridized carbons (Fsp3) is 0.500. The number of rotatable bonds is 4. The number of para-hydroxylation sites is 1. The Kier molecular flexibility index (Phi) is 4.26. The molecular formula is C18H23N3O3. The lowest BCUT2D eigenvalue weighted by atomic mass is 10.0. The minimum atomic E-state index is -0.516. The van der Waals surface area contributed by atoms with E-state index in [1.165, 1.54) is 0 Å². The van der Waals surface area contributed by atoms with E-state index >= 15 is 0 Å². The summed E-state index contributed by atoms with van der Waals surface area (Å²) < 4.78 is 7.34. The van der Waals surface area contributed by atoms with E-state index in [9.17, 15) is 9.90 Å². The van der Waals surface area contributed by atoms with Crippen LogP contribution in [0.25, 0.3) is 10.9 Å². The van der Waals surface area contributed by atoms with Crippen molar-refractivity contribution in [2.75, 3.05) is 39.4 Å². The SMILES string of the molecule is O=C1NCCc2c1n(CC(O)CN1CCOCC1)c1ccccc21. The average molecular weight is 329 g/mol. The number of ether oxygens (including phenoxy) is 1. The fourth-order valence-corrected chi connectivity index (χ4v) is 3.81. The highest BCUT2D eigenvalue weighted by molar-refractivity contribution is 6.02. The highest BCUT2D eigenvalue weighted by Crippen LogP contribution is 2.28. The Hall–Kier alpha value is -1.89.